The lowest BCUT2D eigenvalue weighted by atomic mass is 9.94. The molecule has 1 aromatic rings. The lowest BCUT2D eigenvalue weighted by molar-refractivity contribution is -0.124. The van der Waals surface area contributed by atoms with Gasteiger partial charge in [-0.1, -0.05) is 0 Å². The minimum atomic E-state index is -0.508. The summed E-state index contributed by atoms with van der Waals surface area (Å²) in [6, 6.07) is 3.89. The number of carbonyl (C=O) groups is 1. The highest BCUT2D eigenvalue weighted by molar-refractivity contribution is 9.10. The van der Waals surface area contributed by atoms with Crippen LogP contribution in [0.5, 0.6) is 5.75 Å². The van der Waals surface area contributed by atoms with Crippen molar-refractivity contribution >= 4 is 27.5 Å². The predicted octanol–water partition coefficient (Wildman–Crippen LogP) is 3.11. The van der Waals surface area contributed by atoms with Gasteiger partial charge in [-0.25, -0.2) is 0 Å². The minimum Gasteiger partial charge on any atom is -0.489 e. The van der Waals surface area contributed by atoms with E-state index >= 15 is 0 Å². The summed E-state index contributed by atoms with van der Waals surface area (Å²) in [6.45, 7) is 6.10. The topological polar surface area (TPSA) is 38.3 Å². The zero-order valence-corrected chi connectivity index (χ0v) is 11.1. The van der Waals surface area contributed by atoms with Crippen LogP contribution in [0.25, 0.3) is 0 Å². The molecule has 0 saturated heterocycles. The van der Waals surface area contributed by atoms with E-state index < -0.39 is 5.41 Å². The van der Waals surface area contributed by atoms with Crippen molar-refractivity contribution in [2.24, 2.45) is 5.41 Å². The highest BCUT2D eigenvalue weighted by Gasteiger charge is 2.33. The van der Waals surface area contributed by atoms with Crippen LogP contribution in [0.2, 0.25) is 0 Å². The molecule has 0 spiro atoms. The first kappa shape index (κ1) is 11.5. The van der Waals surface area contributed by atoms with Gasteiger partial charge < -0.3 is 10.1 Å². The van der Waals surface area contributed by atoms with Crippen molar-refractivity contribution in [3.05, 3.63) is 22.2 Å². The number of aryl methyl sites for hydroxylation is 1. The first-order chi connectivity index (χ1) is 7.40. The first-order valence-electron chi connectivity index (χ1n) is 5.14. The summed E-state index contributed by atoms with van der Waals surface area (Å²) in [6.07, 6.45) is 0. The molecule has 0 bridgehead atoms. The summed E-state index contributed by atoms with van der Waals surface area (Å²) in [5.74, 6) is 0.702. The zero-order chi connectivity index (χ0) is 11.9. The van der Waals surface area contributed by atoms with Gasteiger partial charge in [0.15, 0.2) is 5.75 Å². The van der Waals surface area contributed by atoms with Crippen molar-refractivity contribution in [1.29, 1.82) is 0 Å². The SMILES string of the molecule is Cc1cc(Br)c2c(c1)NC(=O)C(C)(C)CO2. The number of fused-ring (bicyclic) bond motifs is 1. The normalized spacial score (nSPS) is 18.1. The van der Waals surface area contributed by atoms with Crippen LogP contribution >= 0.6 is 15.9 Å². The van der Waals surface area contributed by atoms with Crippen molar-refractivity contribution in [3.8, 4) is 5.75 Å². The zero-order valence-electron chi connectivity index (χ0n) is 9.56. The fourth-order valence-electron chi connectivity index (χ4n) is 1.58. The van der Waals surface area contributed by atoms with E-state index in [2.05, 4.69) is 21.2 Å². The monoisotopic (exact) mass is 283 g/mol. The van der Waals surface area contributed by atoms with Gasteiger partial charge in [-0.3, -0.25) is 4.79 Å². The molecule has 0 atom stereocenters. The number of carbonyl (C=O) groups excluding carboxylic acids is 1. The van der Waals surface area contributed by atoms with Gasteiger partial charge in [0, 0.05) is 0 Å². The Morgan fingerprint density at radius 3 is 2.81 bits per heavy atom. The van der Waals surface area contributed by atoms with E-state index in [0.717, 1.165) is 15.7 Å². The predicted molar refractivity (Wildman–Crippen MR) is 66.8 cm³/mol. The van der Waals surface area contributed by atoms with Gasteiger partial charge in [0.25, 0.3) is 0 Å². The smallest absolute Gasteiger partial charge is 0.233 e. The van der Waals surface area contributed by atoms with Crippen molar-refractivity contribution in [1.82, 2.24) is 0 Å². The number of hydrogen-bond donors (Lipinski definition) is 1. The minimum absolute atomic E-state index is 0.0104. The molecule has 0 aliphatic carbocycles. The summed E-state index contributed by atoms with van der Waals surface area (Å²) in [4.78, 5) is 11.9. The van der Waals surface area contributed by atoms with E-state index in [0.29, 0.717) is 12.4 Å². The molecule has 1 heterocycles. The van der Waals surface area contributed by atoms with Crippen LogP contribution in [0, 0.1) is 12.3 Å². The molecule has 0 fully saturated rings. The lowest BCUT2D eigenvalue weighted by Gasteiger charge is -2.18. The lowest BCUT2D eigenvalue weighted by Crippen LogP contribution is -2.33. The number of anilines is 1. The number of ether oxygens (including phenoxy) is 1. The molecular weight excluding hydrogens is 270 g/mol. The van der Waals surface area contributed by atoms with Crippen LogP contribution in [0.4, 0.5) is 5.69 Å². The molecule has 1 amide bonds. The van der Waals surface area contributed by atoms with Crippen LogP contribution in [0.3, 0.4) is 0 Å². The van der Waals surface area contributed by atoms with E-state index in [9.17, 15) is 4.79 Å². The number of hydrogen-bond acceptors (Lipinski definition) is 2. The molecule has 2 rings (SSSR count). The fraction of sp³-hybridized carbons (Fsp3) is 0.417. The number of nitrogens with one attached hydrogen (secondary N) is 1. The molecule has 86 valence electrons. The Morgan fingerprint density at radius 1 is 1.44 bits per heavy atom. The number of amides is 1. The van der Waals surface area contributed by atoms with Crippen molar-refractivity contribution in [2.75, 3.05) is 11.9 Å². The summed E-state index contributed by atoms with van der Waals surface area (Å²) in [7, 11) is 0. The molecule has 3 nitrogen and oxygen atoms in total. The van der Waals surface area contributed by atoms with Gasteiger partial charge in [-0.05, 0) is 54.4 Å². The average molecular weight is 284 g/mol. The highest BCUT2D eigenvalue weighted by atomic mass is 79.9. The van der Waals surface area contributed by atoms with Gasteiger partial charge >= 0.3 is 0 Å². The second kappa shape index (κ2) is 3.77. The fourth-order valence-corrected chi connectivity index (χ4v) is 2.27. The number of halogens is 1. The largest absolute Gasteiger partial charge is 0.489 e. The van der Waals surface area contributed by atoms with Crippen molar-refractivity contribution < 1.29 is 9.53 Å². The molecule has 16 heavy (non-hydrogen) atoms. The molecule has 0 saturated carbocycles. The molecule has 4 heteroatoms. The van der Waals surface area contributed by atoms with Crippen LogP contribution in [-0.2, 0) is 4.79 Å². The quantitative estimate of drug-likeness (QED) is 0.795. The van der Waals surface area contributed by atoms with E-state index in [1.54, 1.807) is 0 Å². The third-order valence-electron chi connectivity index (χ3n) is 2.63. The van der Waals surface area contributed by atoms with Crippen molar-refractivity contribution in [2.45, 2.75) is 20.8 Å². The summed E-state index contributed by atoms with van der Waals surface area (Å²) in [5.41, 5.74) is 1.31. The maximum atomic E-state index is 11.9. The third kappa shape index (κ3) is 1.94. The Balaban J connectivity index is 2.49. The Kier molecular flexibility index (Phi) is 2.70. The molecule has 1 aromatic carbocycles. The summed E-state index contributed by atoms with van der Waals surface area (Å²) in [5, 5.41) is 2.90. The van der Waals surface area contributed by atoms with Crippen LogP contribution in [-0.4, -0.2) is 12.5 Å². The molecule has 1 aliphatic heterocycles. The van der Waals surface area contributed by atoms with Crippen LogP contribution in [0.1, 0.15) is 19.4 Å². The first-order valence-corrected chi connectivity index (χ1v) is 5.94. The third-order valence-corrected chi connectivity index (χ3v) is 3.22. The Bertz CT molecular complexity index is 455. The Hall–Kier alpha value is -1.03. The second-order valence-electron chi connectivity index (χ2n) is 4.75. The second-order valence-corrected chi connectivity index (χ2v) is 5.60. The molecule has 0 radical (unpaired) electrons. The summed E-state index contributed by atoms with van der Waals surface area (Å²) >= 11 is 3.45. The van der Waals surface area contributed by atoms with Crippen LogP contribution < -0.4 is 10.1 Å². The molecule has 0 unspecified atom stereocenters. The van der Waals surface area contributed by atoms with Gasteiger partial charge in [0.05, 0.1) is 15.6 Å². The Morgan fingerprint density at radius 2 is 2.12 bits per heavy atom. The van der Waals surface area contributed by atoms with Gasteiger partial charge in [-0.15, -0.1) is 0 Å². The Labute approximate surface area is 103 Å². The average Bonchev–Trinajstić information content (AvgIpc) is 2.25. The molecule has 0 aromatic heterocycles. The maximum absolute atomic E-state index is 11.9. The molecular formula is C12H14BrNO2. The number of rotatable bonds is 0. The van der Waals surface area contributed by atoms with E-state index in [-0.39, 0.29) is 5.91 Å². The molecule has 1 N–H and O–H groups in total. The number of benzene rings is 1. The van der Waals surface area contributed by atoms with Crippen LogP contribution in [0.15, 0.2) is 16.6 Å². The van der Waals surface area contributed by atoms with Gasteiger partial charge in [0.2, 0.25) is 5.91 Å². The highest BCUT2D eigenvalue weighted by Crippen LogP contribution is 2.38. The molecule has 1 aliphatic rings. The van der Waals surface area contributed by atoms with Gasteiger partial charge in [0.1, 0.15) is 6.61 Å². The van der Waals surface area contributed by atoms with E-state index in [4.69, 9.17) is 4.74 Å². The van der Waals surface area contributed by atoms with Crippen molar-refractivity contribution in [3.63, 3.8) is 0 Å². The summed E-state index contributed by atoms with van der Waals surface area (Å²) < 4.78 is 6.57. The van der Waals surface area contributed by atoms with E-state index in [1.807, 2.05) is 32.9 Å². The van der Waals surface area contributed by atoms with Gasteiger partial charge in [-0.2, -0.15) is 0 Å². The van der Waals surface area contributed by atoms with E-state index in [1.165, 1.54) is 0 Å². The maximum Gasteiger partial charge on any atom is 0.233 e. The standard InChI is InChI=1S/C12H14BrNO2/c1-7-4-8(13)10-9(5-7)14-11(15)12(2,3)6-16-10/h4-5H,6H2,1-3H3,(H,14,15).